The summed E-state index contributed by atoms with van der Waals surface area (Å²) in [5.74, 6) is 0.748. The second-order valence-electron chi connectivity index (χ2n) is 6.80. The van der Waals surface area contributed by atoms with Gasteiger partial charge in [0.2, 0.25) is 0 Å². The van der Waals surface area contributed by atoms with Crippen molar-refractivity contribution in [2.24, 2.45) is 11.3 Å². The van der Waals surface area contributed by atoms with Gasteiger partial charge in [-0.2, -0.15) is 0 Å². The van der Waals surface area contributed by atoms with Crippen molar-refractivity contribution < 1.29 is 0 Å². The van der Waals surface area contributed by atoms with E-state index in [1.54, 1.807) is 0 Å². The molecule has 0 spiro atoms. The van der Waals surface area contributed by atoms with Crippen LogP contribution in [0, 0.1) is 11.3 Å². The van der Waals surface area contributed by atoms with E-state index in [9.17, 15) is 0 Å². The topological polar surface area (TPSA) is 15.3 Å². The molecule has 0 bridgehead atoms. The molecule has 2 heteroatoms. The van der Waals surface area contributed by atoms with Crippen LogP contribution >= 0.6 is 0 Å². The Kier molecular flexibility index (Phi) is 9.72. The van der Waals surface area contributed by atoms with E-state index in [4.69, 9.17) is 0 Å². The molecular weight excluding hydrogens is 232 g/mol. The van der Waals surface area contributed by atoms with Gasteiger partial charge >= 0.3 is 0 Å². The predicted molar refractivity (Wildman–Crippen MR) is 87.7 cm³/mol. The van der Waals surface area contributed by atoms with Crippen molar-refractivity contribution in [3.05, 3.63) is 0 Å². The highest BCUT2D eigenvalue weighted by atomic mass is 15.2. The summed E-state index contributed by atoms with van der Waals surface area (Å²) in [6.07, 6.45) is 3.76. The Bertz CT molecular complexity index is 207. The predicted octanol–water partition coefficient (Wildman–Crippen LogP) is 4.16. The molecule has 116 valence electrons. The van der Waals surface area contributed by atoms with Crippen LogP contribution in [0.25, 0.3) is 0 Å². The van der Waals surface area contributed by atoms with E-state index in [2.05, 4.69) is 58.7 Å². The third-order valence-corrected chi connectivity index (χ3v) is 4.30. The fraction of sp³-hybridized carbons (Fsp3) is 1.00. The Morgan fingerprint density at radius 3 is 1.95 bits per heavy atom. The first-order chi connectivity index (χ1) is 8.90. The third kappa shape index (κ3) is 7.31. The van der Waals surface area contributed by atoms with E-state index < -0.39 is 0 Å². The maximum atomic E-state index is 3.65. The Morgan fingerprint density at radius 2 is 1.58 bits per heavy atom. The number of hydrogen-bond acceptors (Lipinski definition) is 2. The van der Waals surface area contributed by atoms with Crippen LogP contribution in [0.4, 0.5) is 0 Å². The Labute approximate surface area is 122 Å². The Balaban J connectivity index is 4.65. The standard InChI is InChI=1S/C17H38N2/c1-8-11-18-13-17(9-2,10-3)14-19(16(6)7)12-15(4)5/h15-16,18H,8-14H2,1-7H3. The molecule has 0 aromatic carbocycles. The molecule has 0 atom stereocenters. The maximum Gasteiger partial charge on any atom is 0.00528 e. The van der Waals surface area contributed by atoms with Crippen LogP contribution in [0.2, 0.25) is 0 Å². The monoisotopic (exact) mass is 270 g/mol. The van der Waals surface area contributed by atoms with E-state index in [1.807, 2.05) is 0 Å². The summed E-state index contributed by atoms with van der Waals surface area (Å²) in [4.78, 5) is 2.67. The number of nitrogens with one attached hydrogen (secondary N) is 1. The van der Waals surface area contributed by atoms with Crippen LogP contribution in [-0.4, -0.2) is 37.1 Å². The van der Waals surface area contributed by atoms with Gasteiger partial charge in [0.15, 0.2) is 0 Å². The van der Waals surface area contributed by atoms with Gasteiger partial charge in [0.05, 0.1) is 0 Å². The second-order valence-corrected chi connectivity index (χ2v) is 6.80. The molecule has 0 radical (unpaired) electrons. The molecule has 0 saturated carbocycles. The zero-order valence-electron chi connectivity index (χ0n) is 14.6. The van der Waals surface area contributed by atoms with Crippen LogP contribution < -0.4 is 5.32 Å². The summed E-state index contributed by atoms with van der Waals surface area (Å²) in [7, 11) is 0. The molecule has 0 heterocycles. The van der Waals surface area contributed by atoms with Gasteiger partial charge in [-0.05, 0) is 51.0 Å². The molecule has 2 nitrogen and oxygen atoms in total. The first-order valence-electron chi connectivity index (χ1n) is 8.35. The summed E-state index contributed by atoms with van der Waals surface area (Å²) in [6, 6.07) is 0.644. The lowest BCUT2D eigenvalue weighted by molar-refractivity contribution is 0.0990. The normalized spacial score (nSPS) is 12.9. The lowest BCUT2D eigenvalue weighted by Gasteiger charge is -2.40. The number of hydrogen-bond donors (Lipinski definition) is 1. The molecule has 0 aliphatic carbocycles. The summed E-state index contributed by atoms with van der Waals surface area (Å²) < 4.78 is 0. The second kappa shape index (κ2) is 9.77. The van der Waals surface area contributed by atoms with Gasteiger partial charge in [0, 0.05) is 25.7 Å². The van der Waals surface area contributed by atoms with Gasteiger partial charge in [0.25, 0.3) is 0 Å². The third-order valence-electron chi connectivity index (χ3n) is 4.30. The molecule has 0 aliphatic heterocycles. The van der Waals surface area contributed by atoms with E-state index in [0.717, 1.165) is 19.0 Å². The van der Waals surface area contributed by atoms with Crippen molar-refractivity contribution in [3.63, 3.8) is 0 Å². The molecule has 19 heavy (non-hydrogen) atoms. The van der Waals surface area contributed by atoms with Gasteiger partial charge < -0.3 is 10.2 Å². The minimum Gasteiger partial charge on any atom is -0.316 e. The van der Waals surface area contributed by atoms with E-state index in [-0.39, 0.29) is 0 Å². The molecule has 0 aromatic heterocycles. The fourth-order valence-corrected chi connectivity index (χ4v) is 2.67. The van der Waals surface area contributed by atoms with E-state index >= 15 is 0 Å². The highest BCUT2D eigenvalue weighted by Crippen LogP contribution is 2.28. The van der Waals surface area contributed by atoms with E-state index in [1.165, 1.54) is 32.4 Å². The smallest absolute Gasteiger partial charge is 0.00528 e. The highest BCUT2D eigenvalue weighted by Gasteiger charge is 2.29. The van der Waals surface area contributed by atoms with Gasteiger partial charge in [-0.25, -0.2) is 0 Å². The minimum absolute atomic E-state index is 0.439. The quantitative estimate of drug-likeness (QED) is 0.567. The van der Waals surface area contributed by atoms with Gasteiger partial charge in [-0.15, -0.1) is 0 Å². The average molecular weight is 271 g/mol. The summed E-state index contributed by atoms with van der Waals surface area (Å²) in [5.41, 5.74) is 0.439. The van der Waals surface area contributed by atoms with Crippen molar-refractivity contribution in [3.8, 4) is 0 Å². The molecular formula is C17H38N2. The summed E-state index contributed by atoms with van der Waals surface area (Å²) in [5, 5.41) is 3.65. The number of rotatable bonds is 11. The minimum atomic E-state index is 0.439. The van der Waals surface area contributed by atoms with Crippen molar-refractivity contribution in [2.45, 2.75) is 73.8 Å². The molecule has 0 aromatic rings. The molecule has 0 rings (SSSR count). The fourth-order valence-electron chi connectivity index (χ4n) is 2.67. The average Bonchev–Trinajstić information content (AvgIpc) is 2.36. The SMILES string of the molecule is CCCNCC(CC)(CC)CN(CC(C)C)C(C)C. The lowest BCUT2D eigenvalue weighted by atomic mass is 9.81. The van der Waals surface area contributed by atoms with Crippen molar-refractivity contribution in [1.82, 2.24) is 10.2 Å². The Hall–Kier alpha value is -0.0800. The van der Waals surface area contributed by atoms with Gasteiger partial charge in [-0.3, -0.25) is 0 Å². The molecule has 1 N–H and O–H groups in total. The van der Waals surface area contributed by atoms with Crippen molar-refractivity contribution in [2.75, 3.05) is 26.2 Å². The molecule has 0 fully saturated rings. The molecule has 0 saturated heterocycles. The zero-order chi connectivity index (χ0) is 14.9. The van der Waals surface area contributed by atoms with Crippen molar-refractivity contribution in [1.29, 1.82) is 0 Å². The largest absolute Gasteiger partial charge is 0.316 e. The summed E-state index contributed by atoms with van der Waals surface area (Å²) in [6.45, 7) is 21.0. The zero-order valence-corrected chi connectivity index (χ0v) is 14.6. The number of nitrogens with zero attached hydrogens (tertiary/aromatic N) is 1. The van der Waals surface area contributed by atoms with Crippen LogP contribution in [0.3, 0.4) is 0 Å². The molecule has 0 unspecified atom stereocenters. The Morgan fingerprint density at radius 1 is 1.00 bits per heavy atom. The maximum absolute atomic E-state index is 3.65. The first kappa shape index (κ1) is 18.9. The van der Waals surface area contributed by atoms with E-state index in [0.29, 0.717) is 11.5 Å². The van der Waals surface area contributed by atoms with Crippen LogP contribution in [0.15, 0.2) is 0 Å². The van der Waals surface area contributed by atoms with Crippen LogP contribution in [-0.2, 0) is 0 Å². The van der Waals surface area contributed by atoms with Crippen LogP contribution in [0.5, 0.6) is 0 Å². The van der Waals surface area contributed by atoms with Gasteiger partial charge in [-0.1, -0.05) is 34.6 Å². The highest BCUT2D eigenvalue weighted by molar-refractivity contribution is 4.84. The van der Waals surface area contributed by atoms with Crippen LogP contribution in [0.1, 0.15) is 67.7 Å². The first-order valence-corrected chi connectivity index (χ1v) is 8.35. The van der Waals surface area contributed by atoms with Crippen molar-refractivity contribution >= 4 is 0 Å². The lowest BCUT2D eigenvalue weighted by Crippen LogP contribution is -2.47. The molecule has 0 amide bonds. The summed E-state index contributed by atoms with van der Waals surface area (Å²) >= 11 is 0. The van der Waals surface area contributed by atoms with Gasteiger partial charge in [0.1, 0.15) is 0 Å². The molecule has 0 aliphatic rings.